The minimum absolute atomic E-state index is 1.67. The van der Waals surface area contributed by atoms with Crippen LogP contribution in [0.2, 0.25) is 0 Å². The van der Waals surface area contributed by atoms with Gasteiger partial charge in [0.2, 0.25) is 9.23 Å². The Hall–Kier alpha value is 0.650. The maximum atomic E-state index is 9.09. The van der Waals surface area contributed by atoms with Crippen LogP contribution in [0.15, 0.2) is 0 Å². The largest absolute Gasteiger partial charge is 0.255 e. The first kappa shape index (κ1) is 9.82. The Bertz CT molecular complexity index is 31.8. The number of hydrogen-bond donors (Lipinski definition) is 2. The molecule has 0 bridgehead atoms. The molecule has 0 aliphatic rings. The van der Waals surface area contributed by atoms with E-state index in [1.807, 2.05) is 0 Å². The summed E-state index contributed by atoms with van der Waals surface area (Å²) >= 11 is 0. The van der Waals surface area contributed by atoms with Crippen LogP contribution in [0.5, 0.6) is 0 Å². The van der Waals surface area contributed by atoms with Crippen LogP contribution in [0, 0.1) is 0 Å². The molecule has 0 spiro atoms. The van der Waals surface area contributed by atoms with Crippen LogP contribution in [0.4, 0.5) is 0 Å². The predicted octanol–water partition coefficient (Wildman–Crippen LogP) is 1.06. The Morgan fingerprint density at radius 3 is 1.33 bits per heavy atom. The fraction of sp³-hybridized carbons (Fsp3) is 0. The van der Waals surface area contributed by atoms with E-state index in [2.05, 4.69) is 21.4 Å². The van der Waals surface area contributed by atoms with Crippen molar-refractivity contribution in [2.24, 2.45) is 0 Å². The first-order chi connectivity index (χ1) is 2.73. The first-order valence-corrected chi connectivity index (χ1v) is 3.48. The molecular formula is H2Cl2O3S. The average molecular weight is 153 g/mol. The number of halogens is 2. The highest BCUT2D eigenvalue weighted by molar-refractivity contribution is 8.26. The van der Waals surface area contributed by atoms with Gasteiger partial charge in [0.05, 0.1) is 0 Å². The van der Waals surface area contributed by atoms with Gasteiger partial charge in [0.15, 0.2) is 0 Å². The van der Waals surface area contributed by atoms with E-state index in [1.165, 1.54) is 0 Å². The summed E-state index contributed by atoms with van der Waals surface area (Å²) in [4.78, 5) is 0. The Morgan fingerprint density at radius 2 is 1.33 bits per heavy atom. The fourth-order valence-electron chi connectivity index (χ4n) is 0. The molecule has 0 saturated heterocycles. The van der Waals surface area contributed by atoms with Crippen LogP contribution in [0.3, 0.4) is 0 Å². The molecule has 6 heavy (non-hydrogen) atoms. The number of hydrogen-bond acceptors (Lipinski definition) is 3. The molecule has 0 radical (unpaired) electrons. The summed E-state index contributed by atoms with van der Waals surface area (Å²) in [6, 6.07) is 0. The maximum Gasteiger partial charge on any atom is 0.211 e. The Kier molecular flexibility index (Phi) is 15.0. The summed E-state index contributed by atoms with van der Waals surface area (Å²) in [5.74, 6) is 0. The molecule has 0 aromatic heterocycles. The zero-order valence-electron chi connectivity index (χ0n) is 2.47. The normalized spacial score (nSPS) is 6.83. The van der Waals surface area contributed by atoms with Crippen molar-refractivity contribution in [3.8, 4) is 0 Å². The molecule has 6 heteroatoms. The zero-order valence-corrected chi connectivity index (χ0v) is 4.80. The molecule has 0 rings (SSSR count). The van der Waals surface area contributed by atoms with E-state index in [4.69, 9.17) is 14.7 Å². The third kappa shape index (κ3) is 147. The lowest BCUT2D eigenvalue weighted by Gasteiger charge is -1.50. The molecule has 2 N–H and O–H groups in total. The molecule has 0 saturated carbocycles. The molecule has 0 aromatic rings. The molecule has 0 heterocycles. The van der Waals surface area contributed by atoms with Gasteiger partial charge in [-0.2, -0.15) is 0 Å². The molecule has 0 aliphatic heterocycles. The van der Waals surface area contributed by atoms with Crippen molar-refractivity contribution >= 4 is 30.6 Å². The first-order valence-electron chi connectivity index (χ1n) is 0.675. The molecule has 3 nitrogen and oxygen atoms in total. The third-order valence-electron chi connectivity index (χ3n) is 0. The molecule has 0 unspecified atom stereocenters. The molecule has 0 fully saturated rings. The third-order valence-corrected chi connectivity index (χ3v) is 0. The smallest absolute Gasteiger partial charge is 0.211 e. The van der Waals surface area contributed by atoms with Crippen LogP contribution >= 0.6 is 21.4 Å². The van der Waals surface area contributed by atoms with Crippen molar-refractivity contribution in [1.29, 1.82) is 0 Å². The fourth-order valence-corrected chi connectivity index (χ4v) is 0. The van der Waals surface area contributed by atoms with Crippen molar-refractivity contribution in [3.63, 3.8) is 0 Å². The molecule has 40 valence electrons. The SMILES string of the molecule is O=S(Cl)Cl.OO. The van der Waals surface area contributed by atoms with Gasteiger partial charge in [0.1, 0.15) is 0 Å². The van der Waals surface area contributed by atoms with Crippen molar-refractivity contribution in [3.05, 3.63) is 0 Å². The minimum atomic E-state index is -1.67. The average Bonchev–Trinajstić information content (AvgIpc) is 1.41. The van der Waals surface area contributed by atoms with E-state index in [1.54, 1.807) is 0 Å². The highest BCUT2D eigenvalue weighted by Gasteiger charge is 1.67. The highest BCUT2D eigenvalue weighted by Crippen LogP contribution is 1.89. The monoisotopic (exact) mass is 152 g/mol. The molecule has 0 amide bonds. The van der Waals surface area contributed by atoms with E-state index in [0.29, 0.717) is 0 Å². The van der Waals surface area contributed by atoms with Crippen LogP contribution in [-0.2, 0) is 9.23 Å². The van der Waals surface area contributed by atoms with Crippen LogP contribution in [0.25, 0.3) is 0 Å². The van der Waals surface area contributed by atoms with Gasteiger partial charge in [-0.1, -0.05) is 0 Å². The van der Waals surface area contributed by atoms with Gasteiger partial charge in [-0.25, -0.2) is 4.21 Å². The Morgan fingerprint density at radius 1 is 1.33 bits per heavy atom. The van der Waals surface area contributed by atoms with Gasteiger partial charge in [0.25, 0.3) is 0 Å². The quantitative estimate of drug-likeness (QED) is 0.310. The van der Waals surface area contributed by atoms with Gasteiger partial charge >= 0.3 is 0 Å². The lowest BCUT2D eigenvalue weighted by molar-refractivity contribution is -0.176. The van der Waals surface area contributed by atoms with Gasteiger partial charge in [0, 0.05) is 21.4 Å². The topological polar surface area (TPSA) is 57.5 Å². The Labute approximate surface area is 45.9 Å². The van der Waals surface area contributed by atoms with Gasteiger partial charge in [-0.05, 0) is 0 Å². The summed E-state index contributed by atoms with van der Waals surface area (Å²) in [7, 11) is 7.36. The second-order valence-electron chi connectivity index (χ2n) is 0.184. The summed E-state index contributed by atoms with van der Waals surface area (Å²) in [5, 5.41) is 12.0. The summed E-state index contributed by atoms with van der Waals surface area (Å²) < 4.78 is 9.09. The maximum absolute atomic E-state index is 9.09. The van der Waals surface area contributed by atoms with Gasteiger partial charge in [-0.15, -0.1) is 0 Å². The summed E-state index contributed by atoms with van der Waals surface area (Å²) in [6.07, 6.45) is 0. The summed E-state index contributed by atoms with van der Waals surface area (Å²) in [5.41, 5.74) is 0. The second-order valence-corrected chi connectivity index (χ2v) is 2.71. The second kappa shape index (κ2) is 9.17. The summed E-state index contributed by atoms with van der Waals surface area (Å²) in [6.45, 7) is 0. The molecular weight excluding hydrogens is 151 g/mol. The Balaban J connectivity index is 0. The molecule has 0 atom stereocenters. The van der Waals surface area contributed by atoms with Gasteiger partial charge < -0.3 is 0 Å². The van der Waals surface area contributed by atoms with E-state index >= 15 is 0 Å². The molecule has 0 aromatic carbocycles. The van der Waals surface area contributed by atoms with Crippen molar-refractivity contribution in [1.82, 2.24) is 0 Å². The van der Waals surface area contributed by atoms with Gasteiger partial charge in [-0.3, -0.25) is 10.5 Å². The number of rotatable bonds is 0. The van der Waals surface area contributed by atoms with Crippen molar-refractivity contribution in [2.45, 2.75) is 0 Å². The minimum Gasteiger partial charge on any atom is -0.255 e. The zero-order chi connectivity index (χ0) is 5.58. The van der Waals surface area contributed by atoms with Crippen LogP contribution < -0.4 is 0 Å². The predicted molar refractivity (Wildman–Crippen MR) is 25.1 cm³/mol. The molecule has 0 aliphatic carbocycles. The van der Waals surface area contributed by atoms with Crippen LogP contribution in [-0.4, -0.2) is 14.7 Å². The lowest BCUT2D eigenvalue weighted by Crippen LogP contribution is -1.41. The van der Waals surface area contributed by atoms with Crippen molar-refractivity contribution < 1.29 is 14.7 Å². The van der Waals surface area contributed by atoms with E-state index in [9.17, 15) is 0 Å². The lowest BCUT2D eigenvalue weighted by atomic mass is 15.0. The van der Waals surface area contributed by atoms with E-state index in [-0.39, 0.29) is 0 Å². The van der Waals surface area contributed by atoms with E-state index < -0.39 is 9.23 Å². The van der Waals surface area contributed by atoms with Crippen molar-refractivity contribution in [2.75, 3.05) is 0 Å². The highest BCUT2D eigenvalue weighted by atomic mass is 36.0. The van der Waals surface area contributed by atoms with Crippen LogP contribution in [0.1, 0.15) is 0 Å². The standard InChI is InChI=1S/Cl2OS.H2O2/c1-4(2)3;1-2/h;1-2H. The van der Waals surface area contributed by atoms with E-state index in [0.717, 1.165) is 0 Å².